The Morgan fingerprint density at radius 3 is 2.84 bits per heavy atom. The molecule has 1 aliphatic rings. The molecular formula is C19H25N3O3. The molecule has 1 aromatic heterocycles. The van der Waals surface area contributed by atoms with Crippen molar-refractivity contribution in [3.8, 4) is 11.5 Å². The van der Waals surface area contributed by atoms with Crippen LogP contribution in [0.4, 0.5) is 0 Å². The fourth-order valence-corrected chi connectivity index (χ4v) is 3.27. The maximum absolute atomic E-state index is 12.7. The molecule has 1 fully saturated rings. The highest BCUT2D eigenvalue weighted by Gasteiger charge is 2.26. The summed E-state index contributed by atoms with van der Waals surface area (Å²) >= 11 is 0. The molecule has 3 rings (SSSR count). The highest BCUT2D eigenvalue weighted by molar-refractivity contribution is 5.76. The van der Waals surface area contributed by atoms with Gasteiger partial charge in [0.25, 0.3) is 0 Å². The third kappa shape index (κ3) is 4.53. The number of nitrogens with zero attached hydrogens (tertiary/aromatic N) is 3. The lowest BCUT2D eigenvalue weighted by Gasteiger charge is -2.35. The van der Waals surface area contributed by atoms with Crippen LogP contribution in [0.1, 0.15) is 25.7 Å². The zero-order valence-corrected chi connectivity index (χ0v) is 14.6. The molecule has 1 saturated heterocycles. The first kappa shape index (κ1) is 17.3. The Bertz CT molecular complexity index is 672. The van der Waals surface area contributed by atoms with Gasteiger partial charge in [0, 0.05) is 18.9 Å². The summed E-state index contributed by atoms with van der Waals surface area (Å²) in [5.74, 6) is 1.50. The van der Waals surface area contributed by atoms with E-state index in [4.69, 9.17) is 9.47 Å². The van der Waals surface area contributed by atoms with Gasteiger partial charge in [-0.1, -0.05) is 12.1 Å². The smallest absolute Gasteiger partial charge is 0.226 e. The first-order valence-corrected chi connectivity index (χ1v) is 8.80. The second kappa shape index (κ2) is 8.55. The quantitative estimate of drug-likeness (QED) is 0.776. The fourth-order valence-electron chi connectivity index (χ4n) is 3.27. The molecule has 0 spiro atoms. The first-order valence-electron chi connectivity index (χ1n) is 8.80. The average molecular weight is 343 g/mol. The summed E-state index contributed by atoms with van der Waals surface area (Å²) in [6.07, 6.45) is 7.34. The molecule has 1 aromatic carbocycles. The molecule has 0 aliphatic carbocycles. The summed E-state index contributed by atoms with van der Waals surface area (Å²) in [7, 11) is 1.61. The molecule has 0 radical (unpaired) electrons. The predicted molar refractivity (Wildman–Crippen MR) is 94.7 cm³/mol. The molecule has 134 valence electrons. The van der Waals surface area contributed by atoms with E-state index in [-0.39, 0.29) is 11.9 Å². The van der Waals surface area contributed by atoms with E-state index in [9.17, 15) is 4.79 Å². The minimum Gasteiger partial charge on any atom is -0.493 e. The van der Waals surface area contributed by atoms with Crippen molar-refractivity contribution in [2.75, 3.05) is 20.3 Å². The number of aromatic nitrogens is 2. The lowest BCUT2D eigenvalue weighted by Crippen LogP contribution is -2.46. The van der Waals surface area contributed by atoms with E-state index in [0.717, 1.165) is 32.4 Å². The van der Waals surface area contributed by atoms with Crippen LogP contribution in [0.5, 0.6) is 11.5 Å². The predicted octanol–water partition coefficient (Wildman–Crippen LogP) is 2.74. The highest BCUT2D eigenvalue weighted by Crippen LogP contribution is 2.26. The molecule has 6 heteroatoms. The van der Waals surface area contributed by atoms with E-state index in [2.05, 4.69) is 5.10 Å². The van der Waals surface area contributed by atoms with Crippen LogP contribution < -0.4 is 9.47 Å². The van der Waals surface area contributed by atoms with Gasteiger partial charge in [-0.2, -0.15) is 5.10 Å². The molecule has 6 nitrogen and oxygen atoms in total. The maximum Gasteiger partial charge on any atom is 0.226 e. The number of amides is 1. The van der Waals surface area contributed by atoms with Gasteiger partial charge >= 0.3 is 0 Å². The number of benzene rings is 1. The molecule has 1 amide bonds. The molecule has 0 bridgehead atoms. The van der Waals surface area contributed by atoms with E-state index in [0.29, 0.717) is 24.5 Å². The van der Waals surface area contributed by atoms with Crippen LogP contribution in [0.15, 0.2) is 42.7 Å². The summed E-state index contributed by atoms with van der Waals surface area (Å²) in [4.78, 5) is 14.7. The Balaban J connectivity index is 1.53. The van der Waals surface area contributed by atoms with Gasteiger partial charge < -0.3 is 14.4 Å². The van der Waals surface area contributed by atoms with Crippen molar-refractivity contribution < 1.29 is 14.3 Å². The normalized spacial score (nSPS) is 17.3. The van der Waals surface area contributed by atoms with Crippen molar-refractivity contribution in [2.45, 2.75) is 38.3 Å². The van der Waals surface area contributed by atoms with Crippen LogP contribution >= 0.6 is 0 Å². The SMILES string of the molecule is COc1ccccc1OCCC(=O)N1CCCCC1Cn1cccn1. The van der Waals surface area contributed by atoms with Crippen LogP contribution in [0.3, 0.4) is 0 Å². The Morgan fingerprint density at radius 1 is 1.24 bits per heavy atom. The molecule has 0 saturated carbocycles. The molecule has 2 aromatic rings. The lowest BCUT2D eigenvalue weighted by atomic mass is 10.0. The Kier molecular flexibility index (Phi) is 5.93. The zero-order chi connectivity index (χ0) is 17.5. The van der Waals surface area contributed by atoms with Gasteiger partial charge in [-0.3, -0.25) is 9.48 Å². The molecule has 1 aliphatic heterocycles. The van der Waals surface area contributed by atoms with E-state index < -0.39 is 0 Å². The molecule has 2 heterocycles. The van der Waals surface area contributed by atoms with E-state index >= 15 is 0 Å². The number of carbonyl (C=O) groups is 1. The Labute approximate surface area is 148 Å². The van der Waals surface area contributed by atoms with Crippen molar-refractivity contribution in [1.29, 1.82) is 0 Å². The molecule has 1 atom stereocenters. The van der Waals surface area contributed by atoms with E-state index in [1.54, 1.807) is 13.3 Å². The standard InChI is InChI=1S/C19H25N3O3/c1-24-17-8-2-3-9-18(17)25-14-10-19(23)22-13-5-4-7-16(22)15-21-12-6-11-20-21/h2-3,6,8-9,11-12,16H,4-5,7,10,13-15H2,1H3. The number of methoxy groups -OCH3 is 1. The van der Waals surface area contributed by atoms with Gasteiger partial charge in [0.2, 0.25) is 5.91 Å². The van der Waals surface area contributed by atoms with Gasteiger partial charge in [-0.05, 0) is 37.5 Å². The van der Waals surface area contributed by atoms with Crippen LogP contribution in [-0.2, 0) is 11.3 Å². The second-order valence-corrected chi connectivity index (χ2v) is 6.21. The van der Waals surface area contributed by atoms with Crippen molar-refractivity contribution in [3.63, 3.8) is 0 Å². The van der Waals surface area contributed by atoms with E-state index in [1.807, 2.05) is 46.1 Å². The third-order valence-corrected chi connectivity index (χ3v) is 4.55. The number of hydrogen-bond donors (Lipinski definition) is 0. The number of carbonyl (C=O) groups excluding carboxylic acids is 1. The van der Waals surface area contributed by atoms with Crippen LogP contribution in [-0.4, -0.2) is 46.9 Å². The molecule has 25 heavy (non-hydrogen) atoms. The topological polar surface area (TPSA) is 56.6 Å². The number of piperidine rings is 1. The number of para-hydroxylation sites is 2. The van der Waals surface area contributed by atoms with Crippen LogP contribution in [0.2, 0.25) is 0 Å². The monoisotopic (exact) mass is 343 g/mol. The second-order valence-electron chi connectivity index (χ2n) is 6.21. The summed E-state index contributed by atoms with van der Waals surface area (Å²) in [5, 5.41) is 4.27. The maximum atomic E-state index is 12.7. The Hall–Kier alpha value is -2.50. The van der Waals surface area contributed by atoms with Crippen molar-refractivity contribution in [2.24, 2.45) is 0 Å². The summed E-state index contributed by atoms with van der Waals surface area (Å²) in [6, 6.07) is 9.62. The first-order chi connectivity index (χ1) is 12.3. The molecule has 0 N–H and O–H groups in total. The number of ether oxygens (including phenoxy) is 2. The largest absolute Gasteiger partial charge is 0.493 e. The summed E-state index contributed by atoms with van der Waals surface area (Å²) in [5.41, 5.74) is 0. The van der Waals surface area contributed by atoms with Crippen molar-refractivity contribution >= 4 is 5.91 Å². The Morgan fingerprint density at radius 2 is 2.08 bits per heavy atom. The molecule has 1 unspecified atom stereocenters. The lowest BCUT2D eigenvalue weighted by molar-refractivity contribution is -0.135. The van der Waals surface area contributed by atoms with Crippen molar-refractivity contribution in [1.82, 2.24) is 14.7 Å². The van der Waals surface area contributed by atoms with Gasteiger partial charge in [0.15, 0.2) is 11.5 Å². The van der Waals surface area contributed by atoms with Crippen LogP contribution in [0, 0.1) is 0 Å². The van der Waals surface area contributed by atoms with Gasteiger partial charge in [-0.15, -0.1) is 0 Å². The average Bonchev–Trinajstić information content (AvgIpc) is 3.15. The van der Waals surface area contributed by atoms with Gasteiger partial charge in [0.1, 0.15) is 0 Å². The fraction of sp³-hybridized carbons (Fsp3) is 0.474. The van der Waals surface area contributed by atoms with E-state index in [1.165, 1.54) is 0 Å². The number of likely N-dealkylation sites (tertiary alicyclic amines) is 1. The number of hydrogen-bond acceptors (Lipinski definition) is 4. The van der Waals surface area contributed by atoms with Crippen molar-refractivity contribution in [3.05, 3.63) is 42.7 Å². The highest BCUT2D eigenvalue weighted by atomic mass is 16.5. The zero-order valence-electron chi connectivity index (χ0n) is 14.6. The molecular weight excluding hydrogens is 318 g/mol. The van der Waals surface area contributed by atoms with Gasteiger partial charge in [0.05, 0.1) is 32.7 Å². The third-order valence-electron chi connectivity index (χ3n) is 4.55. The summed E-state index contributed by atoms with van der Waals surface area (Å²) in [6.45, 7) is 1.93. The minimum absolute atomic E-state index is 0.145. The van der Waals surface area contributed by atoms with Gasteiger partial charge in [-0.25, -0.2) is 0 Å². The number of rotatable bonds is 7. The minimum atomic E-state index is 0.145. The summed E-state index contributed by atoms with van der Waals surface area (Å²) < 4.78 is 12.9. The van der Waals surface area contributed by atoms with Crippen LogP contribution in [0.25, 0.3) is 0 Å².